The van der Waals surface area contributed by atoms with Gasteiger partial charge in [0.15, 0.2) is 0 Å². The predicted molar refractivity (Wildman–Crippen MR) is 67.5 cm³/mol. The second-order valence-electron chi connectivity index (χ2n) is 3.23. The van der Waals surface area contributed by atoms with E-state index >= 15 is 0 Å². The Morgan fingerprint density at radius 1 is 1.00 bits per heavy atom. The van der Waals surface area contributed by atoms with Gasteiger partial charge in [-0.25, -0.2) is 0 Å². The molecule has 3 heteroatoms. The number of rotatable bonds is 0. The van der Waals surface area contributed by atoms with Gasteiger partial charge < -0.3 is 4.98 Å². The molecule has 0 amide bonds. The van der Waals surface area contributed by atoms with Crippen molar-refractivity contribution in [2.24, 2.45) is 0 Å². The fraction of sp³-hybridized carbons (Fsp3) is 0. The lowest BCUT2D eigenvalue weighted by Gasteiger charge is -1.88. The van der Waals surface area contributed by atoms with E-state index in [1.807, 2.05) is 48.7 Å². The van der Waals surface area contributed by atoms with Crippen molar-refractivity contribution in [1.82, 2.24) is 9.97 Å². The van der Waals surface area contributed by atoms with Crippen molar-refractivity contribution in [2.75, 3.05) is 0 Å². The van der Waals surface area contributed by atoms with E-state index in [2.05, 4.69) is 9.97 Å². The molecule has 0 atom stereocenters. The van der Waals surface area contributed by atoms with Crippen LogP contribution in [0.4, 0.5) is 0 Å². The largest absolute Gasteiger partial charge is 0.361 e. The third-order valence-electron chi connectivity index (χ3n) is 2.08. The summed E-state index contributed by atoms with van der Waals surface area (Å²) in [5, 5.41) is 1.94. The zero-order valence-corrected chi connectivity index (χ0v) is 9.35. The first-order valence-corrected chi connectivity index (χ1v) is 5.32. The SMILES string of the molecule is Clc1ccc2[nH]ccc2c1.c1ccncc1. The molecule has 2 heterocycles. The quantitative estimate of drug-likeness (QED) is 0.623. The van der Waals surface area contributed by atoms with Crippen LogP contribution in [-0.4, -0.2) is 9.97 Å². The van der Waals surface area contributed by atoms with E-state index in [-0.39, 0.29) is 0 Å². The molecule has 0 spiro atoms. The van der Waals surface area contributed by atoms with Crippen molar-refractivity contribution in [2.45, 2.75) is 0 Å². The molecule has 0 fully saturated rings. The minimum absolute atomic E-state index is 0.784. The summed E-state index contributed by atoms with van der Waals surface area (Å²) in [5.41, 5.74) is 1.13. The molecule has 0 aliphatic carbocycles. The van der Waals surface area contributed by atoms with E-state index in [0.29, 0.717) is 0 Å². The highest BCUT2D eigenvalue weighted by Crippen LogP contribution is 2.17. The number of pyridine rings is 1. The van der Waals surface area contributed by atoms with Gasteiger partial charge in [-0.2, -0.15) is 0 Å². The molecule has 80 valence electrons. The molecule has 1 aromatic carbocycles. The molecule has 0 bridgehead atoms. The second-order valence-corrected chi connectivity index (χ2v) is 3.67. The highest BCUT2D eigenvalue weighted by atomic mass is 35.5. The first-order chi connectivity index (χ1) is 7.86. The Hall–Kier alpha value is -1.80. The maximum atomic E-state index is 5.76. The van der Waals surface area contributed by atoms with E-state index in [1.54, 1.807) is 12.4 Å². The summed E-state index contributed by atoms with van der Waals surface area (Å²) in [6, 6.07) is 13.5. The molecule has 0 aliphatic heterocycles. The molecule has 2 nitrogen and oxygen atoms in total. The van der Waals surface area contributed by atoms with Gasteiger partial charge in [0.2, 0.25) is 0 Å². The first-order valence-electron chi connectivity index (χ1n) is 4.94. The third-order valence-corrected chi connectivity index (χ3v) is 2.32. The normalized spacial score (nSPS) is 9.56. The van der Waals surface area contributed by atoms with E-state index in [9.17, 15) is 0 Å². The summed E-state index contributed by atoms with van der Waals surface area (Å²) in [5.74, 6) is 0. The van der Waals surface area contributed by atoms with E-state index in [1.165, 1.54) is 0 Å². The molecular formula is C13H11ClN2. The number of fused-ring (bicyclic) bond motifs is 1. The van der Waals surface area contributed by atoms with Gasteiger partial charge in [-0.1, -0.05) is 17.7 Å². The topological polar surface area (TPSA) is 28.7 Å². The Morgan fingerprint density at radius 3 is 2.44 bits per heavy atom. The van der Waals surface area contributed by atoms with Crippen LogP contribution in [0.5, 0.6) is 0 Å². The number of aromatic nitrogens is 2. The van der Waals surface area contributed by atoms with E-state index in [0.717, 1.165) is 15.9 Å². The zero-order chi connectivity index (χ0) is 11.2. The van der Waals surface area contributed by atoms with Gasteiger partial charge in [-0.05, 0) is 36.4 Å². The number of halogens is 1. The monoisotopic (exact) mass is 230 g/mol. The molecule has 0 unspecified atom stereocenters. The molecule has 2 aromatic heterocycles. The summed E-state index contributed by atoms with van der Waals surface area (Å²) in [6.45, 7) is 0. The zero-order valence-electron chi connectivity index (χ0n) is 8.60. The van der Waals surface area contributed by atoms with Gasteiger partial charge in [0, 0.05) is 34.5 Å². The van der Waals surface area contributed by atoms with Crippen LogP contribution in [-0.2, 0) is 0 Å². The molecule has 0 saturated carbocycles. The highest BCUT2D eigenvalue weighted by molar-refractivity contribution is 6.31. The predicted octanol–water partition coefficient (Wildman–Crippen LogP) is 3.90. The van der Waals surface area contributed by atoms with Crippen LogP contribution in [0.25, 0.3) is 10.9 Å². The van der Waals surface area contributed by atoms with Crippen molar-refractivity contribution < 1.29 is 0 Å². The lowest BCUT2D eigenvalue weighted by atomic mass is 10.2. The molecule has 3 rings (SSSR count). The summed E-state index contributed by atoms with van der Waals surface area (Å²) in [7, 11) is 0. The fourth-order valence-electron chi connectivity index (χ4n) is 1.34. The molecule has 1 N–H and O–H groups in total. The van der Waals surface area contributed by atoms with Crippen LogP contribution in [0.1, 0.15) is 0 Å². The smallest absolute Gasteiger partial charge is 0.0454 e. The van der Waals surface area contributed by atoms with Gasteiger partial charge >= 0.3 is 0 Å². The highest BCUT2D eigenvalue weighted by Gasteiger charge is 1.92. The van der Waals surface area contributed by atoms with Crippen molar-refractivity contribution in [1.29, 1.82) is 0 Å². The Bertz CT molecular complexity index is 519. The van der Waals surface area contributed by atoms with Crippen molar-refractivity contribution in [3.05, 3.63) is 66.1 Å². The number of aromatic amines is 1. The Kier molecular flexibility index (Phi) is 3.57. The Balaban J connectivity index is 0.000000138. The van der Waals surface area contributed by atoms with Gasteiger partial charge in [0.25, 0.3) is 0 Å². The van der Waals surface area contributed by atoms with Crippen molar-refractivity contribution in [3.8, 4) is 0 Å². The lowest BCUT2D eigenvalue weighted by molar-refractivity contribution is 1.33. The van der Waals surface area contributed by atoms with Crippen LogP contribution in [0.3, 0.4) is 0 Å². The molecule has 0 radical (unpaired) electrons. The Morgan fingerprint density at radius 2 is 1.81 bits per heavy atom. The van der Waals surface area contributed by atoms with Gasteiger partial charge in [0.05, 0.1) is 0 Å². The van der Waals surface area contributed by atoms with Crippen molar-refractivity contribution >= 4 is 22.5 Å². The van der Waals surface area contributed by atoms with Gasteiger partial charge in [-0.15, -0.1) is 0 Å². The first kappa shape index (κ1) is 10.7. The third kappa shape index (κ3) is 2.84. The number of nitrogens with one attached hydrogen (secondary N) is 1. The number of benzene rings is 1. The number of hydrogen-bond acceptors (Lipinski definition) is 1. The van der Waals surface area contributed by atoms with E-state index in [4.69, 9.17) is 11.6 Å². The maximum absolute atomic E-state index is 5.76. The second kappa shape index (κ2) is 5.33. The molecule has 0 saturated heterocycles. The van der Waals surface area contributed by atoms with Gasteiger partial charge in [-0.3, -0.25) is 4.98 Å². The maximum Gasteiger partial charge on any atom is 0.0454 e. The van der Waals surface area contributed by atoms with Crippen LogP contribution in [0, 0.1) is 0 Å². The fourth-order valence-corrected chi connectivity index (χ4v) is 1.52. The summed E-state index contributed by atoms with van der Waals surface area (Å²) in [6.07, 6.45) is 5.40. The van der Waals surface area contributed by atoms with Crippen LogP contribution >= 0.6 is 11.6 Å². The molecule has 3 aromatic rings. The summed E-state index contributed by atoms with van der Waals surface area (Å²) >= 11 is 5.76. The summed E-state index contributed by atoms with van der Waals surface area (Å²) in [4.78, 5) is 6.87. The number of hydrogen-bond donors (Lipinski definition) is 1. The minimum atomic E-state index is 0.784. The molecule has 0 aliphatic rings. The summed E-state index contributed by atoms with van der Waals surface area (Å²) < 4.78 is 0. The number of H-pyrrole nitrogens is 1. The Labute approximate surface area is 98.9 Å². The average Bonchev–Trinajstić information content (AvgIpc) is 2.79. The standard InChI is InChI=1S/C8H6ClN.C5H5N/c9-7-1-2-8-6(5-7)3-4-10-8;1-2-4-6-5-3-1/h1-5,10H;1-5H. The molecule has 16 heavy (non-hydrogen) atoms. The number of nitrogens with zero attached hydrogens (tertiary/aromatic N) is 1. The van der Waals surface area contributed by atoms with E-state index < -0.39 is 0 Å². The van der Waals surface area contributed by atoms with Gasteiger partial charge in [0.1, 0.15) is 0 Å². The average molecular weight is 231 g/mol. The van der Waals surface area contributed by atoms with Crippen LogP contribution in [0.2, 0.25) is 5.02 Å². The molecular weight excluding hydrogens is 220 g/mol. The van der Waals surface area contributed by atoms with Crippen molar-refractivity contribution in [3.63, 3.8) is 0 Å². The minimum Gasteiger partial charge on any atom is -0.361 e. The van der Waals surface area contributed by atoms with Crippen LogP contribution in [0.15, 0.2) is 61.1 Å². The van der Waals surface area contributed by atoms with Crippen LogP contribution < -0.4 is 0 Å². The lowest BCUT2D eigenvalue weighted by Crippen LogP contribution is -1.65.